The summed E-state index contributed by atoms with van der Waals surface area (Å²) in [5, 5.41) is 20.8. The van der Waals surface area contributed by atoms with Gasteiger partial charge in [-0.2, -0.15) is 13.2 Å². The maximum Gasteiger partial charge on any atom is 0.416 e. The molecule has 5 rings (SSSR count). The number of ether oxygens (including phenoxy) is 1. The minimum Gasteiger partial charge on any atom is -0.488 e. The first-order chi connectivity index (χ1) is 17.7. The topological polar surface area (TPSA) is 137 Å². The number of amides is 2. The number of urea groups is 1. The number of carbonyl (C=O) groups is 1. The average molecular weight is 517 g/mol. The van der Waals surface area contributed by atoms with Gasteiger partial charge in [0.2, 0.25) is 5.95 Å². The van der Waals surface area contributed by atoms with E-state index in [1.54, 1.807) is 0 Å². The zero-order valence-electron chi connectivity index (χ0n) is 19.3. The zero-order chi connectivity index (χ0) is 26.2. The molecule has 3 aromatic rings. The predicted octanol–water partition coefficient (Wildman–Crippen LogP) is 2.32. The van der Waals surface area contributed by atoms with E-state index in [1.807, 2.05) is 4.90 Å². The van der Waals surface area contributed by atoms with Crippen LogP contribution in [0, 0.1) is 0 Å². The van der Waals surface area contributed by atoms with E-state index in [-0.39, 0.29) is 41.6 Å². The summed E-state index contributed by atoms with van der Waals surface area (Å²) in [6, 6.07) is 3.95. The van der Waals surface area contributed by atoms with Crippen molar-refractivity contribution in [3.8, 4) is 17.1 Å². The highest BCUT2D eigenvalue weighted by Crippen LogP contribution is 2.40. The lowest BCUT2D eigenvalue weighted by molar-refractivity contribution is -0.137. The van der Waals surface area contributed by atoms with Gasteiger partial charge in [0, 0.05) is 18.7 Å². The van der Waals surface area contributed by atoms with E-state index in [2.05, 4.69) is 25.3 Å². The number of aliphatic hydroxyl groups is 2. The van der Waals surface area contributed by atoms with Crippen LogP contribution in [-0.2, 0) is 6.18 Å². The summed E-state index contributed by atoms with van der Waals surface area (Å²) in [6.07, 6.45) is -0.760. The molecular formula is C23H22F3N7O4. The number of nitrogens with one attached hydrogen (secondary N) is 1. The Hall–Kier alpha value is -4.04. The second-order valence-electron chi connectivity index (χ2n) is 8.56. The Morgan fingerprint density at radius 1 is 1.22 bits per heavy atom. The summed E-state index contributed by atoms with van der Waals surface area (Å²) < 4.78 is 44.9. The molecule has 2 bridgehead atoms. The number of benzene rings is 1. The van der Waals surface area contributed by atoms with Gasteiger partial charge in [0.15, 0.2) is 17.4 Å². The van der Waals surface area contributed by atoms with Gasteiger partial charge in [-0.3, -0.25) is 10.2 Å². The van der Waals surface area contributed by atoms with Crippen LogP contribution in [0.2, 0.25) is 0 Å². The van der Waals surface area contributed by atoms with Crippen LogP contribution in [-0.4, -0.2) is 74.6 Å². The molecule has 2 aliphatic rings. The predicted molar refractivity (Wildman–Crippen MR) is 125 cm³/mol. The molecule has 37 heavy (non-hydrogen) atoms. The number of hydrogen-bond acceptors (Lipinski definition) is 9. The molecule has 4 heterocycles. The number of anilines is 3. The minimum absolute atomic E-state index is 0.00538. The molecule has 2 aliphatic heterocycles. The molecule has 3 N–H and O–H groups in total. The zero-order valence-corrected chi connectivity index (χ0v) is 19.3. The van der Waals surface area contributed by atoms with E-state index in [0.29, 0.717) is 25.2 Å². The lowest BCUT2D eigenvalue weighted by Crippen LogP contribution is -2.48. The molecule has 1 saturated heterocycles. The monoisotopic (exact) mass is 517 g/mol. The van der Waals surface area contributed by atoms with Crippen LogP contribution in [0.5, 0.6) is 5.75 Å². The summed E-state index contributed by atoms with van der Waals surface area (Å²) in [4.78, 5) is 33.7. The summed E-state index contributed by atoms with van der Waals surface area (Å²) in [6.45, 7) is 0.635. The van der Waals surface area contributed by atoms with Crippen molar-refractivity contribution in [3.63, 3.8) is 0 Å². The van der Waals surface area contributed by atoms with Crippen LogP contribution in [0.1, 0.15) is 12.0 Å². The third-order valence-corrected chi connectivity index (χ3v) is 6.01. The molecule has 2 atom stereocenters. The van der Waals surface area contributed by atoms with E-state index in [0.717, 1.165) is 12.1 Å². The maximum absolute atomic E-state index is 13.3. The Labute approximate surface area is 208 Å². The van der Waals surface area contributed by atoms with Gasteiger partial charge in [-0.25, -0.2) is 24.7 Å². The molecular weight excluding hydrogens is 495 g/mol. The van der Waals surface area contributed by atoms with Crippen molar-refractivity contribution in [1.29, 1.82) is 0 Å². The smallest absolute Gasteiger partial charge is 0.416 e. The SMILES string of the molecule is O=C(Nc1ncc(OC[C@@H](O)CO)cn1)N1c2nc(-c3cccc(C(F)(F)F)c3)ncc2N2CC[C@H]1C2. The molecule has 0 aliphatic carbocycles. The van der Waals surface area contributed by atoms with Crippen LogP contribution < -0.4 is 19.9 Å². The Bertz CT molecular complexity index is 1290. The number of aromatic nitrogens is 4. The van der Waals surface area contributed by atoms with Crippen LogP contribution >= 0.6 is 0 Å². The fourth-order valence-electron chi connectivity index (χ4n) is 4.20. The molecule has 1 aromatic carbocycles. The number of halogens is 3. The summed E-state index contributed by atoms with van der Waals surface area (Å²) in [7, 11) is 0. The lowest BCUT2D eigenvalue weighted by atomic mass is 10.1. The van der Waals surface area contributed by atoms with Crippen molar-refractivity contribution in [2.75, 3.05) is 41.4 Å². The van der Waals surface area contributed by atoms with Crippen molar-refractivity contribution in [2.24, 2.45) is 0 Å². The summed E-state index contributed by atoms with van der Waals surface area (Å²) >= 11 is 0. The molecule has 2 amide bonds. The number of carbonyl (C=O) groups excluding carboxylic acids is 1. The first-order valence-corrected chi connectivity index (χ1v) is 11.4. The molecule has 11 nitrogen and oxygen atoms in total. The minimum atomic E-state index is -4.51. The fraction of sp³-hybridized carbons (Fsp3) is 0.348. The van der Waals surface area contributed by atoms with Gasteiger partial charge in [-0.05, 0) is 18.6 Å². The van der Waals surface area contributed by atoms with Gasteiger partial charge in [-0.15, -0.1) is 0 Å². The van der Waals surface area contributed by atoms with Gasteiger partial charge < -0.3 is 19.8 Å². The van der Waals surface area contributed by atoms with Gasteiger partial charge >= 0.3 is 12.2 Å². The Morgan fingerprint density at radius 3 is 2.73 bits per heavy atom. The van der Waals surface area contributed by atoms with Crippen molar-refractivity contribution in [2.45, 2.75) is 24.7 Å². The van der Waals surface area contributed by atoms with Crippen molar-refractivity contribution in [3.05, 3.63) is 48.4 Å². The van der Waals surface area contributed by atoms with Crippen molar-refractivity contribution in [1.82, 2.24) is 19.9 Å². The number of rotatable bonds is 6. The van der Waals surface area contributed by atoms with Crippen molar-refractivity contribution >= 4 is 23.5 Å². The largest absolute Gasteiger partial charge is 0.488 e. The highest BCUT2D eigenvalue weighted by atomic mass is 19.4. The highest BCUT2D eigenvalue weighted by molar-refractivity contribution is 6.03. The first-order valence-electron chi connectivity index (χ1n) is 11.4. The van der Waals surface area contributed by atoms with Crippen LogP contribution in [0.3, 0.4) is 0 Å². The second kappa shape index (κ2) is 9.78. The average Bonchev–Trinajstić information content (AvgIpc) is 3.31. The number of fused-ring (bicyclic) bond motifs is 4. The summed E-state index contributed by atoms with van der Waals surface area (Å²) in [5.41, 5.74) is -0.0388. The second-order valence-corrected chi connectivity index (χ2v) is 8.56. The van der Waals surface area contributed by atoms with E-state index < -0.39 is 30.5 Å². The normalized spacial score (nSPS) is 17.4. The Morgan fingerprint density at radius 2 is 2.00 bits per heavy atom. The number of nitrogens with zero attached hydrogens (tertiary/aromatic N) is 6. The van der Waals surface area contributed by atoms with Crippen LogP contribution in [0.15, 0.2) is 42.9 Å². The van der Waals surface area contributed by atoms with Gasteiger partial charge in [0.05, 0.1) is 42.5 Å². The van der Waals surface area contributed by atoms with Gasteiger partial charge in [0.1, 0.15) is 12.7 Å². The third kappa shape index (κ3) is 5.11. The molecule has 0 unspecified atom stereocenters. The highest BCUT2D eigenvalue weighted by Gasteiger charge is 2.41. The molecule has 14 heteroatoms. The van der Waals surface area contributed by atoms with E-state index in [9.17, 15) is 23.1 Å². The molecule has 194 valence electrons. The number of alkyl halides is 3. The van der Waals surface area contributed by atoms with E-state index in [4.69, 9.17) is 9.84 Å². The summed E-state index contributed by atoms with van der Waals surface area (Å²) in [5.74, 6) is 0.576. The fourth-order valence-corrected chi connectivity index (χ4v) is 4.20. The van der Waals surface area contributed by atoms with Crippen LogP contribution in [0.25, 0.3) is 11.4 Å². The van der Waals surface area contributed by atoms with Crippen LogP contribution in [0.4, 0.5) is 35.4 Å². The molecule has 2 aromatic heterocycles. The number of hydrogen-bond donors (Lipinski definition) is 3. The molecule has 1 fully saturated rings. The first kappa shape index (κ1) is 24.6. The van der Waals surface area contributed by atoms with Gasteiger partial charge in [-0.1, -0.05) is 12.1 Å². The maximum atomic E-state index is 13.3. The van der Waals surface area contributed by atoms with Crippen molar-refractivity contribution < 1.29 is 32.9 Å². The lowest BCUT2D eigenvalue weighted by Gasteiger charge is -2.35. The quantitative estimate of drug-likeness (QED) is 0.450. The Kier molecular flexibility index (Phi) is 6.52. The third-order valence-electron chi connectivity index (χ3n) is 6.01. The van der Waals surface area contributed by atoms with E-state index in [1.165, 1.54) is 35.6 Å². The van der Waals surface area contributed by atoms with E-state index >= 15 is 0 Å². The Balaban J connectivity index is 1.39. The molecule has 0 spiro atoms. The van der Waals surface area contributed by atoms with Gasteiger partial charge in [0.25, 0.3) is 0 Å². The molecule has 0 radical (unpaired) electrons. The number of aliphatic hydroxyl groups excluding tert-OH is 2. The molecule has 0 saturated carbocycles. The standard InChI is InChI=1S/C23H22F3N7O4/c24-23(25,26)14-3-1-2-13(6-14)19-27-9-18-20(30-19)33(15-4-5-32(18)10-15)22(36)31-21-28-7-17(8-29-21)37-12-16(35)11-34/h1-3,6-9,15-16,34-35H,4-5,10-12H2,(H,28,29,31,36)/t15-,16-/m0/s1.